The summed E-state index contributed by atoms with van der Waals surface area (Å²) in [7, 11) is 0. The number of hydrogen-bond donors (Lipinski definition) is 2. The molecule has 2 aliphatic heterocycles. The van der Waals surface area contributed by atoms with Crippen molar-refractivity contribution in [3.63, 3.8) is 0 Å². The van der Waals surface area contributed by atoms with E-state index in [0.717, 1.165) is 52.7 Å². The van der Waals surface area contributed by atoms with Crippen LogP contribution in [-0.4, -0.2) is 41.4 Å². The van der Waals surface area contributed by atoms with Crippen LogP contribution in [0.2, 0.25) is 0 Å². The molecule has 1 saturated heterocycles. The highest BCUT2D eigenvalue weighted by atomic mass is 16.5. The second-order valence-corrected chi connectivity index (χ2v) is 10.2. The van der Waals surface area contributed by atoms with Gasteiger partial charge in [0, 0.05) is 24.9 Å². The number of rotatable bonds is 7. The van der Waals surface area contributed by atoms with E-state index in [-0.39, 0.29) is 0 Å². The number of hydrogen-bond acceptors (Lipinski definition) is 6. The largest absolute Gasteiger partial charge is 0.480 e. The lowest BCUT2D eigenvalue weighted by Gasteiger charge is -2.25. The molecule has 2 N–H and O–H groups in total. The number of aryl methyl sites for hydroxylation is 1. The summed E-state index contributed by atoms with van der Waals surface area (Å²) in [6.45, 7) is 8.23. The van der Waals surface area contributed by atoms with Crippen molar-refractivity contribution in [1.29, 1.82) is 0 Å². The van der Waals surface area contributed by atoms with Crippen LogP contribution in [-0.2, 0) is 11.3 Å². The van der Waals surface area contributed by atoms with Crippen LogP contribution in [0.1, 0.15) is 39.5 Å². The van der Waals surface area contributed by atoms with Crippen molar-refractivity contribution >= 4 is 45.3 Å². The van der Waals surface area contributed by atoms with Crippen molar-refractivity contribution in [2.75, 3.05) is 22.9 Å². The van der Waals surface area contributed by atoms with Crippen molar-refractivity contribution < 1.29 is 28.7 Å². The van der Waals surface area contributed by atoms with Gasteiger partial charge in [-0.3, -0.25) is 0 Å². The highest BCUT2D eigenvalue weighted by Crippen LogP contribution is 2.43. The summed E-state index contributed by atoms with van der Waals surface area (Å²) < 4.78 is 14.9. The van der Waals surface area contributed by atoms with Crippen LogP contribution >= 0.6 is 0 Å². The highest BCUT2D eigenvalue weighted by molar-refractivity contribution is 6.01. The molecular weight excluding hydrogens is 506 g/mol. The van der Waals surface area contributed by atoms with Crippen LogP contribution < -0.4 is 19.1 Å². The molecule has 0 amide bonds. The predicted molar refractivity (Wildman–Crippen MR) is 155 cm³/mol. The third kappa shape index (κ3) is 4.29. The Balaban J connectivity index is 1.36. The highest BCUT2D eigenvalue weighted by Gasteiger charge is 2.39. The number of aromatic nitrogens is 1. The van der Waals surface area contributed by atoms with Crippen LogP contribution in [0, 0.1) is 0 Å². The van der Waals surface area contributed by atoms with Gasteiger partial charge in [0.05, 0.1) is 23.3 Å². The zero-order valence-corrected chi connectivity index (χ0v) is 23.0. The van der Waals surface area contributed by atoms with Gasteiger partial charge in [-0.15, -0.1) is 0 Å². The van der Waals surface area contributed by atoms with Gasteiger partial charge in [0.2, 0.25) is 11.5 Å². The second kappa shape index (κ2) is 10.4. The number of benzene rings is 3. The van der Waals surface area contributed by atoms with Gasteiger partial charge in [0.1, 0.15) is 6.54 Å². The number of carboxylic acids is 1. The van der Waals surface area contributed by atoms with Crippen molar-refractivity contribution in [3.05, 3.63) is 78.0 Å². The van der Waals surface area contributed by atoms with E-state index in [1.165, 1.54) is 10.8 Å². The third-order valence-electron chi connectivity index (χ3n) is 7.94. The molecule has 3 aromatic carbocycles. The minimum absolute atomic E-state index is 0.424. The van der Waals surface area contributed by atoms with Gasteiger partial charge in [-0.1, -0.05) is 31.2 Å². The Morgan fingerprint density at radius 3 is 2.70 bits per heavy atom. The molecule has 1 fully saturated rings. The fraction of sp³-hybridized carbons (Fsp3) is 0.312. The Morgan fingerprint density at radius 2 is 1.95 bits per heavy atom. The molecule has 6 rings (SSSR count). The Labute approximate surface area is 233 Å². The lowest BCUT2D eigenvalue weighted by atomic mass is 10.1. The first-order valence-electron chi connectivity index (χ1n) is 14.0. The smallest absolute Gasteiger partial charge is 0.374 e. The molecule has 40 heavy (non-hydrogen) atoms. The number of oxazole rings is 1. The summed E-state index contributed by atoms with van der Waals surface area (Å²) in [6, 6.07) is 17.2. The van der Waals surface area contributed by atoms with E-state index in [1.807, 2.05) is 36.4 Å². The van der Waals surface area contributed by atoms with Gasteiger partial charge in [-0.05, 0) is 68.0 Å². The maximum Gasteiger partial charge on any atom is 0.374 e. The standard InChI is InChI=1S/C32H33N3O5/c1-4-20(18-29-34(6-3)30-23-10-8-7-9-21(23)11-13-27(30)40-29)17-28-33(5-2)24-19-22(12-14-26(24)39-28)35-16-15-25(36)31(35)32(37)38/h7-14,17-19,25,31,36H,4-6,15-16H2,1-3H3/p+1. The molecule has 0 spiro atoms. The van der Waals surface area contributed by atoms with Crippen LogP contribution in [0.3, 0.4) is 0 Å². The molecule has 2 aliphatic rings. The molecule has 0 aliphatic carbocycles. The van der Waals surface area contributed by atoms with E-state index in [2.05, 4.69) is 60.6 Å². The average Bonchev–Trinajstić information content (AvgIpc) is 3.64. The minimum Gasteiger partial charge on any atom is -0.480 e. The number of aliphatic carboxylic acids is 1. The summed E-state index contributed by atoms with van der Waals surface area (Å²) in [5.41, 5.74) is 4.64. The number of aliphatic hydroxyl groups excluding tert-OH is 1. The topological polar surface area (TPSA) is 90.3 Å². The number of allylic oxidation sites excluding steroid dienone is 2. The molecule has 0 radical (unpaired) electrons. The van der Waals surface area contributed by atoms with E-state index in [4.69, 9.17) is 9.15 Å². The van der Waals surface area contributed by atoms with E-state index in [0.29, 0.717) is 25.4 Å². The Kier molecular flexibility index (Phi) is 6.72. The van der Waals surface area contributed by atoms with Crippen molar-refractivity contribution in [3.8, 4) is 5.75 Å². The summed E-state index contributed by atoms with van der Waals surface area (Å²) in [5, 5.41) is 22.2. The molecule has 8 heteroatoms. The minimum atomic E-state index is -1.02. The maximum absolute atomic E-state index is 11.8. The monoisotopic (exact) mass is 540 g/mol. The SMILES string of the molecule is CCC(=Cc1oc2ccc3ccccc3c2[n+]1CC)C=C1Oc2ccc(N3CCC(O)C3C(=O)O)cc2N1CC. The first-order chi connectivity index (χ1) is 19.4. The van der Waals surface area contributed by atoms with E-state index in [1.54, 1.807) is 4.90 Å². The lowest BCUT2D eigenvalue weighted by molar-refractivity contribution is -0.673. The lowest BCUT2D eigenvalue weighted by Crippen LogP contribution is -2.42. The molecule has 2 atom stereocenters. The molecular formula is C32H34N3O5+. The number of anilines is 2. The molecule has 2 unspecified atom stereocenters. The van der Waals surface area contributed by atoms with Crippen LogP contribution in [0.4, 0.5) is 11.4 Å². The fourth-order valence-electron chi connectivity index (χ4n) is 5.92. The summed E-state index contributed by atoms with van der Waals surface area (Å²) >= 11 is 0. The van der Waals surface area contributed by atoms with Gasteiger partial charge in [-0.25, -0.2) is 4.79 Å². The summed E-state index contributed by atoms with van der Waals surface area (Å²) in [4.78, 5) is 15.7. The van der Waals surface area contributed by atoms with Crippen LogP contribution in [0.5, 0.6) is 5.75 Å². The normalized spacial score (nSPS) is 20.1. The number of ether oxygens (including phenoxy) is 1. The number of carboxylic acid groups (broad SMARTS) is 1. The maximum atomic E-state index is 11.8. The first kappa shape index (κ1) is 26.0. The molecule has 206 valence electrons. The van der Waals surface area contributed by atoms with E-state index >= 15 is 0 Å². The van der Waals surface area contributed by atoms with Gasteiger partial charge in [-0.2, -0.15) is 4.57 Å². The predicted octanol–water partition coefficient (Wildman–Crippen LogP) is 5.47. The third-order valence-corrected chi connectivity index (χ3v) is 7.94. The van der Waals surface area contributed by atoms with E-state index in [9.17, 15) is 15.0 Å². The molecule has 0 bridgehead atoms. The molecule has 3 heterocycles. The van der Waals surface area contributed by atoms with Crippen LogP contribution in [0.25, 0.3) is 27.9 Å². The van der Waals surface area contributed by atoms with Crippen molar-refractivity contribution in [2.24, 2.45) is 0 Å². The first-order valence-corrected chi connectivity index (χ1v) is 14.0. The van der Waals surface area contributed by atoms with E-state index < -0.39 is 18.1 Å². The average molecular weight is 541 g/mol. The van der Waals surface area contributed by atoms with Gasteiger partial charge in [0.15, 0.2) is 11.8 Å². The summed E-state index contributed by atoms with van der Waals surface area (Å²) in [6.07, 6.45) is 4.44. The van der Waals surface area contributed by atoms with Gasteiger partial charge in [0.25, 0.3) is 5.52 Å². The zero-order valence-electron chi connectivity index (χ0n) is 23.0. The van der Waals surface area contributed by atoms with Crippen LogP contribution in [0.15, 0.2) is 76.5 Å². The van der Waals surface area contributed by atoms with Crippen molar-refractivity contribution in [1.82, 2.24) is 0 Å². The van der Waals surface area contributed by atoms with Gasteiger partial charge >= 0.3 is 11.9 Å². The molecule has 4 aromatic rings. The fourth-order valence-corrected chi connectivity index (χ4v) is 5.92. The summed E-state index contributed by atoms with van der Waals surface area (Å²) in [5.74, 6) is 1.20. The molecule has 0 saturated carbocycles. The molecule has 1 aromatic heterocycles. The Morgan fingerprint density at radius 1 is 1.12 bits per heavy atom. The van der Waals surface area contributed by atoms with Crippen molar-refractivity contribution in [2.45, 2.75) is 52.3 Å². The number of fused-ring (bicyclic) bond motifs is 4. The second-order valence-electron chi connectivity index (χ2n) is 10.2. The number of aliphatic hydroxyl groups is 1. The Bertz CT molecular complexity index is 1670. The number of carbonyl (C=O) groups is 1. The van der Waals surface area contributed by atoms with Gasteiger partial charge < -0.3 is 29.2 Å². The Hall–Kier alpha value is -4.30. The number of nitrogens with zero attached hydrogens (tertiary/aromatic N) is 3. The quantitative estimate of drug-likeness (QED) is 0.301. The zero-order chi connectivity index (χ0) is 28.0. The molecule has 8 nitrogen and oxygen atoms in total.